The molecule has 2 aliphatic carbocycles. The van der Waals surface area contributed by atoms with Gasteiger partial charge in [-0.3, -0.25) is 9.59 Å². The first-order chi connectivity index (χ1) is 12.1. The van der Waals surface area contributed by atoms with E-state index in [4.69, 9.17) is 4.74 Å². The number of ether oxygens (including phenoxy) is 1. The Morgan fingerprint density at radius 3 is 2.52 bits per heavy atom. The van der Waals surface area contributed by atoms with Crippen molar-refractivity contribution in [1.82, 2.24) is 0 Å². The number of Topliss-reactive ketones (excluding diaryl/α,β-unsaturated/α-hetero) is 1. The number of ketones is 1. The standard InChI is InChI=1S/C22H22O3/c1-2-25-21(24)22(13-15-7-4-3-5-8-15)14-18-11-16-9-6-10-17(16)12-19(18)20(22)23/h3-5,7-8,11-12H,2,6,9-10,13-14H2,1H3. The van der Waals surface area contributed by atoms with Gasteiger partial charge in [-0.15, -0.1) is 0 Å². The number of fused-ring (bicyclic) bond motifs is 2. The SMILES string of the molecule is CCOC(=O)C1(Cc2ccccc2)Cc2cc3c(cc2C1=O)CCC3. The summed E-state index contributed by atoms with van der Waals surface area (Å²) < 4.78 is 5.34. The number of carbonyl (C=O) groups is 2. The molecule has 0 heterocycles. The topological polar surface area (TPSA) is 43.4 Å². The predicted octanol–water partition coefficient (Wildman–Crippen LogP) is 3.71. The summed E-state index contributed by atoms with van der Waals surface area (Å²) in [4.78, 5) is 26.2. The second-order valence-corrected chi connectivity index (χ2v) is 7.10. The van der Waals surface area contributed by atoms with Crippen molar-refractivity contribution < 1.29 is 14.3 Å². The molecule has 0 N–H and O–H groups in total. The molecule has 1 atom stereocenters. The van der Waals surface area contributed by atoms with Crippen molar-refractivity contribution in [3.8, 4) is 0 Å². The van der Waals surface area contributed by atoms with Crippen molar-refractivity contribution in [3.05, 3.63) is 70.3 Å². The summed E-state index contributed by atoms with van der Waals surface area (Å²) in [6.07, 6.45) is 4.09. The molecule has 3 heteroatoms. The zero-order valence-electron chi connectivity index (χ0n) is 14.5. The molecule has 128 valence electrons. The molecule has 0 saturated heterocycles. The summed E-state index contributed by atoms with van der Waals surface area (Å²) in [5, 5.41) is 0. The van der Waals surface area contributed by atoms with Crippen molar-refractivity contribution in [2.24, 2.45) is 5.41 Å². The highest BCUT2D eigenvalue weighted by molar-refractivity contribution is 6.16. The number of hydrogen-bond donors (Lipinski definition) is 0. The van der Waals surface area contributed by atoms with Crippen LogP contribution in [-0.4, -0.2) is 18.4 Å². The number of carbonyl (C=O) groups excluding carboxylic acids is 2. The lowest BCUT2D eigenvalue weighted by atomic mass is 9.78. The Bertz CT molecular complexity index is 838. The van der Waals surface area contributed by atoms with Gasteiger partial charge in [0.05, 0.1) is 6.61 Å². The third kappa shape index (κ3) is 2.58. The minimum Gasteiger partial charge on any atom is -0.465 e. The minimum atomic E-state index is -1.12. The maximum atomic E-state index is 13.3. The summed E-state index contributed by atoms with van der Waals surface area (Å²) in [5.74, 6) is -0.459. The third-order valence-corrected chi connectivity index (χ3v) is 5.50. The number of aryl methyl sites for hydroxylation is 2. The Morgan fingerprint density at radius 2 is 1.80 bits per heavy atom. The lowest BCUT2D eigenvalue weighted by Gasteiger charge is -2.25. The van der Waals surface area contributed by atoms with Crippen LogP contribution in [0.4, 0.5) is 0 Å². The van der Waals surface area contributed by atoms with Gasteiger partial charge in [-0.05, 0) is 67.3 Å². The molecule has 0 fully saturated rings. The number of benzene rings is 2. The Balaban J connectivity index is 1.77. The lowest BCUT2D eigenvalue weighted by Crippen LogP contribution is -2.40. The largest absolute Gasteiger partial charge is 0.465 e. The van der Waals surface area contributed by atoms with Gasteiger partial charge in [0, 0.05) is 5.56 Å². The van der Waals surface area contributed by atoms with Gasteiger partial charge in [0.1, 0.15) is 5.41 Å². The molecular formula is C22H22O3. The van der Waals surface area contributed by atoms with Crippen LogP contribution in [0.25, 0.3) is 0 Å². The lowest BCUT2D eigenvalue weighted by molar-refractivity contribution is -0.152. The maximum absolute atomic E-state index is 13.3. The van der Waals surface area contributed by atoms with Gasteiger partial charge >= 0.3 is 5.97 Å². The first kappa shape index (κ1) is 16.1. The first-order valence-electron chi connectivity index (χ1n) is 9.04. The van der Waals surface area contributed by atoms with Gasteiger partial charge in [0.25, 0.3) is 0 Å². The molecule has 3 nitrogen and oxygen atoms in total. The molecule has 0 bridgehead atoms. The molecule has 0 saturated carbocycles. The molecular weight excluding hydrogens is 312 g/mol. The summed E-state index contributed by atoms with van der Waals surface area (Å²) in [5.41, 5.74) is 4.22. The zero-order chi connectivity index (χ0) is 17.4. The second-order valence-electron chi connectivity index (χ2n) is 7.10. The predicted molar refractivity (Wildman–Crippen MR) is 95.7 cm³/mol. The van der Waals surface area contributed by atoms with Gasteiger partial charge < -0.3 is 4.74 Å². The molecule has 2 aromatic rings. The minimum absolute atomic E-state index is 0.0699. The summed E-state index contributed by atoms with van der Waals surface area (Å²) >= 11 is 0. The maximum Gasteiger partial charge on any atom is 0.320 e. The van der Waals surface area contributed by atoms with Crippen molar-refractivity contribution in [1.29, 1.82) is 0 Å². The fraction of sp³-hybridized carbons (Fsp3) is 0.364. The monoisotopic (exact) mass is 334 g/mol. The second kappa shape index (κ2) is 6.14. The summed E-state index contributed by atoms with van der Waals surface area (Å²) in [6.45, 7) is 2.07. The Kier molecular flexibility index (Phi) is 3.95. The van der Waals surface area contributed by atoms with Crippen molar-refractivity contribution in [3.63, 3.8) is 0 Å². The molecule has 1 unspecified atom stereocenters. The molecule has 2 aromatic carbocycles. The van der Waals surface area contributed by atoms with Gasteiger partial charge in [-0.25, -0.2) is 0 Å². The molecule has 0 radical (unpaired) electrons. The van der Waals surface area contributed by atoms with Crippen LogP contribution in [0.15, 0.2) is 42.5 Å². The van der Waals surface area contributed by atoms with Crippen LogP contribution in [0.5, 0.6) is 0 Å². The Hall–Kier alpha value is -2.42. The van der Waals surface area contributed by atoms with Crippen LogP contribution >= 0.6 is 0 Å². The first-order valence-corrected chi connectivity index (χ1v) is 9.04. The van der Waals surface area contributed by atoms with Crippen LogP contribution in [-0.2, 0) is 35.2 Å². The van der Waals surface area contributed by atoms with Crippen molar-refractivity contribution >= 4 is 11.8 Å². The molecule has 25 heavy (non-hydrogen) atoms. The highest BCUT2D eigenvalue weighted by Gasteiger charge is 2.52. The average molecular weight is 334 g/mol. The smallest absolute Gasteiger partial charge is 0.320 e. The number of esters is 1. The average Bonchev–Trinajstić information content (AvgIpc) is 3.18. The quantitative estimate of drug-likeness (QED) is 0.632. The van der Waals surface area contributed by atoms with Gasteiger partial charge in [0.2, 0.25) is 0 Å². The van der Waals surface area contributed by atoms with E-state index in [0.717, 1.165) is 36.0 Å². The van der Waals surface area contributed by atoms with Crippen molar-refractivity contribution in [2.75, 3.05) is 6.61 Å². The van der Waals surface area contributed by atoms with Crippen LogP contribution in [0.1, 0.15) is 46.0 Å². The van der Waals surface area contributed by atoms with E-state index >= 15 is 0 Å². The molecule has 4 rings (SSSR count). The van der Waals surface area contributed by atoms with E-state index in [1.54, 1.807) is 6.92 Å². The molecule has 0 amide bonds. The van der Waals surface area contributed by atoms with E-state index < -0.39 is 5.41 Å². The Morgan fingerprint density at radius 1 is 1.08 bits per heavy atom. The van der Waals surface area contributed by atoms with E-state index in [0.29, 0.717) is 12.8 Å². The van der Waals surface area contributed by atoms with Gasteiger partial charge in [-0.1, -0.05) is 36.4 Å². The van der Waals surface area contributed by atoms with E-state index in [1.807, 2.05) is 36.4 Å². The zero-order valence-corrected chi connectivity index (χ0v) is 14.5. The fourth-order valence-corrected chi connectivity index (χ4v) is 4.29. The summed E-state index contributed by atoms with van der Waals surface area (Å²) in [6, 6.07) is 13.9. The highest BCUT2D eigenvalue weighted by Crippen LogP contribution is 2.43. The van der Waals surface area contributed by atoms with Crippen LogP contribution in [0.2, 0.25) is 0 Å². The van der Waals surface area contributed by atoms with Crippen LogP contribution in [0, 0.1) is 5.41 Å². The third-order valence-electron chi connectivity index (χ3n) is 5.50. The summed E-state index contributed by atoms with van der Waals surface area (Å²) in [7, 11) is 0. The van der Waals surface area contributed by atoms with E-state index in [1.165, 1.54) is 11.1 Å². The van der Waals surface area contributed by atoms with Crippen LogP contribution in [0.3, 0.4) is 0 Å². The van der Waals surface area contributed by atoms with Gasteiger partial charge in [0.15, 0.2) is 5.78 Å². The normalized spacial score (nSPS) is 21.1. The van der Waals surface area contributed by atoms with Gasteiger partial charge in [-0.2, -0.15) is 0 Å². The van der Waals surface area contributed by atoms with E-state index in [9.17, 15) is 9.59 Å². The number of hydrogen-bond acceptors (Lipinski definition) is 3. The van der Waals surface area contributed by atoms with E-state index in [-0.39, 0.29) is 18.4 Å². The van der Waals surface area contributed by atoms with Crippen LogP contribution < -0.4 is 0 Å². The number of rotatable bonds is 4. The fourth-order valence-electron chi connectivity index (χ4n) is 4.29. The molecule has 0 aliphatic heterocycles. The molecule has 2 aliphatic rings. The van der Waals surface area contributed by atoms with Crippen molar-refractivity contribution in [2.45, 2.75) is 39.0 Å². The molecule has 0 spiro atoms. The Labute approximate surface area is 148 Å². The molecule has 0 aromatic heterocycles. The highest BCUT2D eigenvalue weighted by atomic mass is 16.5. The van der Waals surface area contributed by atoms with E-state index in [2.05, 4.69) is 6.07 Å².